The van der Waals surface area contributed by atoms with Crippen molar-refractivity contribution < 1.29 is 4.79 Å². The van der Waals surface area contributed by atoms with Crippen molar-refractivity contribution in [2.24, 2.45) is 5.73 Å². The van der Waals surface area contributed by atoms with E-state index < -0.39 is 5.54 Å². The minimum atomic E-state index is -0.657. The maximum absolute atomic E-state index is 12.1. The number of amides is 1. The molecule has 4 nitrogen and oxygen atoms in total. The van der Waals surface area contributed by atoms with Crippen LogP contribution in [0.1, 0.15) is 42.7 Å². The summed E-state index contributed by atoms with van der Waals surface area (Å²) in [7, 11) is 0. The molecule has 5 heteroatoms. The van der Waals surface area contributed by atoms with Gasteiger partial charge in [-0.1, -0.05) is 12.8 Å². The van der Waals surface area contributed by atoms with E-state index in [4.69, 9.17) is 5.73 Å². The Labute approximate surface area is 105 Å². The van der Waals surface area contributed by atoms with Gasteiger partial charge in [0, 0.05) is 4.88 Å². The van der Waals surface area contributed by atoms with Gasteiger partial charge in [-0.15, -0.1) is 11.3 Å². The smallest absolute Gasteiger partial charge is 0.246 e. The first-order chi connectivity index (χ1) is 8.17. The minimum Gasteiger partial charge on any atom is -0.317 e. The highest BCUT2D eigenvalue weighted by atomic mass is 32.1. The first-order valence-electron chi connectivity index (χ1n) is 6.26. The summed E-state index contributed by atoms with van der Waals surface area (Å²) in [6, 6.07) is 0. The van der Waals surface area contributed by atoms with E-state index in [9.17, 15) is 4.79 Å². The molecule has 0 aromatic carbocycles. The number of nitrogens with zero attached hydrogens (tertiary/aromatic N) is 1. The number of fused-ring (bicyclic) bond motifs is 1. The van der Waals surface area contributed by atoms with E-state index in [0.29, 0.717) is 0 Å². The summed E-state index contributed by atoms with van der Waals surface area (Å²) in [5.74, 6) is -0.0533. The molecule has 1 amide bonds. The molecule has 0 radical (unpaired) electrons. The van der Waals surface area contributed by atoms with Crippen LogP contribution in [-0.4, -0.2) is 16.4 Å². The molecule has 1 heterocycles. The predicted molar refractivity (Wildman–Crippen MR) is 68.2 cm³/mol. The maximum Gasteiger partial charge on any atom is 0.246 e. The number of nitrogens with one attached hydrogen (secondary N) is 1. The fourth-order valence-corrected chi connectivity index (χ4v) is 3.74. The molecular weight excluding hydrogens is 234 g/mol. The van der Waals surface area contributed by atoms with Gasteiger partial charge in [-0.05, 0) is 32.1 Å². The van der Waals surface area contributed by atoms with Crippen LogP contribution in [0.25, 0.3) is 0 Å². The largest absolute Gasteiger partial charge is 0.317 e. The molecule has 0 saturated heterocycles. The molecule has 0 atom stereocenters. The van der Waals surface area contributed by atoms with Crippen LogP contribution in [0, 0.1) is 0 Å². The Hall–Kier alpha value is -0.940. The standard InChI is InChI=1S/C12H17N3OS/c13-12(6-1-2-7-12)10(16)15-11-14-8-4-3-5-9(8)17-11/h1-7,13H2,(H,14,15,16). The van der Waals surface area contributed by atoms with Crippen LogP contribution in [0.4, 0.5) is 5.13 Å². The van der Waals surface area contributed by atoms with Crippen LogP contribution in [0.15, 0.2) is 0 Å². The van der Waals surface area contributed by atoms with E-state index in [1.165, 1.54) is 17.0 Å². The number of carbonyl (C=O) groups excluding carboxylic acids is 1. The van der Waals surface area contributed by atoms with Crippen molar-refractivity contribution >= 4 is 22.4 Å². The molecule has 17 heavy (non-hydrogen) atoms. The molecular formula is C12H17N3OS. The van der Waals surface area contributed by atoms with Crippen molar-refractivity contribution in [1.82, 2.24) is 4.98 Å². The van der Waals surface area contributed by atoms with Crippen molar-refractivity contribution in [1.29, 1.82) is 0 Å². The Kier molecular flexibility index (Phi) is 2.67. The second-order valence-electron chi connectivity index (χ2n) is 5.06. The molecule has 0 spiro atoms. The number of thiazole rings is 1. The average molecular weight is 251 g/mol. The number of carbonyl (C=O) groups is 1. The Balaban J connectivity index is 1.72. The molecule has 0 bridgehead atoms. The summed E-state index contributed by atoms with van der Waals surface area (Å²) in [6.45, 7) is 0. The first-order valence-corrected chi connectivity index (χ1v) is 7.08. The molecule has 1 fully saturated rings. The van der Waals surface area contributed by atoms with Crippen LogP contribution in [-0.2, 0) is 17.6 Å². The number of hydrogen-bond donors (Lipinski definition) is 2. The third-order valence-corrected chi connectivity index (χ3v) is 4.84. The van der Waals surface area contributed by atoms with Gasteiger partial charge in [0.1, 0.15) is 0 Å². The lowest BCUT2D eigenvalue weighted by Gasteiger charge is -2.21. The molecule has 2 aliphatic carbocycles. The summed E-state index contributed by atoms with van der Waals surface area (Å²) in [5.41, 5.74) is 6.62. The summed E-state index contributed by atoms with van der Waals surface area (Å²) in [5, 5.41) is 3.63. The van der Waals surface area contributed by atoms with Gasteiger partial charge in [0.15, 0.2) is 5.13 Å². The number of hydrogen-bond acceptors (Lipinski definition) is 4. The Morgan fingerprint density at radius 3 is 2.76 bits per heavy atom. The minimum absolute atomic E-state index is 0.0533. The van der Waals surface area contributed by atoms with Gasteiger partial charge in [-0.3, -0.25) is 4.79 Å². The summed E-state index contributed by atoms with van der Waals surface area (Å²) in [4.78, 5) is 17.9. The molecule has 1 aromatic rings. The van der Waals surface area contributed by atoms with Gasteiger partial charge < -0.3 is 11.1 Å². The lowest BCUT2D eigenvalue weighted by Crippen LogP contribution is -2.48. The third kappa shape index (κ3) is 1.98. The van der Waals surface area contributed by atoms with Crippen molar-refractivity contribution in [2.75, 3.05) is 5.32 Å². The van der Waals surface area contributed by atoms with E-state index in [0.717, 1.165) is 43.7 Å². The molecule has 92 valence electrons. The van der Waals surface area contributed by atoms with Crippen LogP contribution in [0.3, 0.4) is 0 Å². The molecule has 0 aliphatic heterocycles. The van der Waals surface area contributed by atoms with E-state index in [2.05, 4.69) is 10.3 Å². The van der Waals surface area contributed by atoms with Gasteiger partial charge in [-0.25, -0.2) is 4.98 Å². The normalized spacial score (nSPS) is 21.5. The third-order valence-electron chi connectivity index (χ3n) is 3.76. The zero-order valence-electron chi connectivity index (χ0n) is 9.79. The average Bonchev–Trinajstić information content (AvgIpc) is 2.93. The lowest BCUT2D eigenvalue weighted by molar-refractivity contribution is -0.121. The molecule has 1 aromatic heterocycles. The van der Waals surface area contributed by atoms with Crippen LogP contribution < -0.4 is 11.1 Å². The lowest BCUT2D eigenvalue weighted by atomic mass is 9.98. The molecule has 3 N–H and O–H groups in total. The van der Waals surface area contributed by atoms with E-state index in [-0.39, 0.29) is 5.91 Å². The van der Waals surface area contributed by atoms with Crippen LogP contribution in [0.2, 0.25) is 0 Å². The highest BCUT2D eigenvalue weighted by Crippen LogP contribution is 2.32. The van der Waals surface area contributed by atoms with Gasteiger partial charge in [0.05, 0.1) is 11.2 Å². The Morgan fingerprint density at radius 2 is 2.06 bits per heavy atom. The van der Waals surface area contributed by atoms with Gasteiger partial charge >= 0.3 is 0 Å². The van der Waals surface area contributed by atoms with E-state index in [1.54, 1.807) is 11.3 Å². The van der Waals surface area contributed by atoms with Crippen LogP contribution in [0.5, 0.6) is 0 Å². The number of anilines is 1. The topological polar surface area (TPSA) is 68.0 Å². The number of aryl methyl sites for hydroxylation is 2. The van der Waals surface area contributed by atoms with E-state index in [1.807, 2.05) is 0 Å². The zero-order chi connectivity index (χ0) is 11.9. The second kappa shape index (κ2) is 4.07. The zero-order valence-corrected chi connectivity index (χ0v) is 10.6. The number of rotatable bonds is 2. The molecule has 2 aliphatic rings. The van der Waals surface area contributed by atoms with Gasteiger partial charge in [-0.2, -0.15) is 0 Å². The predicted octanol–water partition coefficient (Wildman–Crippen LogP) is 1.84. The fourth-order valence-electron chi connectivity index (χ4n) is 2.70. The molecule has 3 rings (SSSR count). The van der Waals surface area contributed by atoms with Crippen LogP contribution >= 0.6 is 11.3 Å². The second-order valence-corrected chi connectivity index (χ2v) is 6.14. The maximum atomic E-state index is 12.1. The van der Waals surface area contributed by atoms with Gasteiger partial charge in [0.25, 0.3) is 0 Å². The van der Waals surface area contributed by atoms with Gasteiger partial charge in [0.2, 0.25) is 5.91 Å². The van der Waals surface area contributed by atoms with Crippen molar-refractivity contribution in [3.63, 3.8) is 0 Å². The fraction of sp³-hybridized carbons (Fsp3) is 0.667. The summed E-state index contributed by atoms with van der Waals surface area (Å²) < 4.78 is 0. The highest BCUT2D eigenvalue weighted by molar-refractivity contribution is 7.15. The van der Waals surface area contributed by atoms with Crippen molar-refractivity contribution in [3.8, 4) is 0 Å². The van der Waals surface area contributed by atoms with E-state index >= 15 is 0 Å². The van der Waals surface area contributed by atoms with Crippen molar-refractivity contribution in [2.45, 2.75) is 50.5 Å². The van der Waals surface area contributed by atoms with Crippen molar-refractivity contribution in [3.05, 3.63) is 10.6 Å². The number of aromatic nitrogens is 1. The molecule has 1 saturated carbocycles. The highest BCUT2D eigenvalue weighted by Gasteiger charge is 2.37. The Bertz CT molecular complexity index is 427. The molecule has 0 unspecified atom stereocenters. The first kappa shape index (κ1) is 11.2. The summed E-state index contributed by atoms with van der Waals surface area (Å²) >= 11 is 1.61. The monoisotopic (exact) mass is 251 g/mol. The number of nitrogens with two attached hydrogens (primary N) is 1. The summed E-state index contributed by atoms with van der Waals surface area (Å²) in [6.07, 6.45) is 7.06. The quantitative estimate of drug-likeness (QED) is 0.842. The Morgan fingerprint density at radius 1 is 1.29 bits per heavy atom. The SMILES string of the molecule is NC1(C(=O)Nc2nc3c(s2)CCC3)CCCC1.